The second kappa shape index (κ2) is 7.70. The molecule has 134 valence electrons. The van der Waals surface area contributed by atoms with Crippen molar-refractivity contribution in [3.63, 3.8) is 0 Å². The molecule has 1 atom stereocenters. The van der Waals surface area contributed by atoms with E-state index in [0.717, 1.165) is 35.8 Å². The van der Waals surface area contributed by atoms with Gasteiger partial charge in [0.1, 0.15) is 11.6 Å². The number of fused-ring (bicyclic) bond motifs is 1. The van der Waals surface area contributed by atoms with Crippen LogP contribution in [-0.4, -0.2) is 47.2 Å². The van der Waals surface area contributed by atoms with E-state index in [0.29, 0.717) is 13.2 Å². The topological polar surface area (TPSA) is 56.6 Å². The average molecular weight is 343 g/mol. The van der Waals surface area contributed by atoms with Crippen LogP contribution >= 0.6 is 0 Å². The number of carbonyl (C=O) groups excluding carboxylic acids is 1. The zero-order valence-corrected chi connectivity index (χ0v) is 15.1. The number of aromatic nitrogens is 2. The van der Waals surface area contributed by atoms with Crippen molar-refractivity contribution in [1.29, 1.82) is 0 Å². The number of ether oxygens (including phenoxy) is 2. The molecule has 1 amide bonds. The van der Waals surface area contributed by atoms with Gasteiger partial charge in [-0.2, -0.15) is 0 Å². The first kappa shape index (κ1) is 17.5. The molecule has 6 heteroatoms. The monoisotopic (exact) mass is 343 g/mol. The van der Waals surface area contributed by atoms with Gasteiger partial charge in [0.15, 0.2) is 6.61 Å². The fraction of sp³-hybridized carbons (Fsp3) is 0.474. The molecule has 3 rings (SSSR count). The largest absolute Gasteiger partial charge is 0.484 e. The van der Waals surface area contributed by atoms with E-state index >= 15 is 0 Å². The van der Waals surface area contributed by atoms with Gasteiger partial charge in [0.05, 0.1) is 12.6 Å². The molecular weight excluding hydrogens is 318 g/mol. The third-order valence-electron chi connectivity index (χ3n) is 4.70. The Hall–Kier alpha value is -2.34. The SMILES string of the molecule is COCCc1cnc2n1CCN(C(=O)COc1ccccc1C)C2C. The first-order valence-corrected chi connectivity index (χ1v) is 8.63. The molecule has 0 saturated heterocycles. The van der Waals surface area contributed by atoms with Gasteiger partial charge < -0.3 is 18.9 Å². The zero-order chi connectivity index (χ0) is 17.8. The zero-order valence-electron chi connectivity index (χ0n) is 15.1. The van der Waals surface area contributed by atoms with Crippen LogP contribution in [0, 0.1) is 6.92 Å². The number of rotatable bonds is 6. The number of carbonyl (C=O) groups is 1. The number of aryl methyl sites for hydroxylation is 1. The Morgan fingerprint density at radius 2 is 2.12 bits per heavy atom. The van der Waals surface area contributed by atoms with Crippen molar-refractivity contribution in [1.82, 2.24) is 14.5 Å². The minimum Gasteiger partial charge on any atom is -0.484 e. The molecule has 0 aliphatic carbocycles. The lowest BCUT2D eigenvalue weighted by atomic mass is 10.2. The Kier molecular flexibility index (Phi) is 5.38. The van der Waals surface area contributed by atoms with Crippen molar-refractivity contribution in [2.75, 3.05) is 26.9 Å². The number of imidazole rings is 1. The van der Waals surface area contributed by atoms with E-state index in [9.17, 15) is 4.79 Å². The van der Waals surface area contributed by atoms with Crippen molar-refractivity contribution in [3.8, 4) is 5.75 Å². The summed E-state index contributed by atoms with van der Waals surface area (Å²) in [6.07, 6.45) is 2.73. The van der Waals surface area contributed by atoms with Gasteiger partial charge in [-0.1, -0.05) is 18.2 Å². The maximum absolute atomic E-state index is 12.6. The van der Waals surface area contributed by atoms with Crippen LogP contribution in [0.25, 0.3) is 0 Å². The molecule has 0 spiro atoms. The lowest BCUT2D eigenvalue weighted by molar-refractivity contribution is -0.136. The molecule has 25 heavy (non-hydrogen) atoms. The Balaban J connectivity index is 1.65. The van der Waals surface area contributed by atoms with Crippen LogP contribution < -0.4 is 4.74 Å². The molecule has 0 N–H and O–H groups in total. The molecule has 1 aromatic heterocycles. The highest BCUT2D eigenvalue weighted by atomic mass is 16.5. The molecule has 0 radical (unpaired) electrons. The van der Waals surface area contributed by atoms with Crippen LogP contribution in [-0.2, 0) is 22.5 Å². The Morgan fingerprint density at radius 1 is 1.32 bits per heavy atom. The Morgan fingerprint density at radius 3 is 2.88 bits per heavy atom. The molecular formula is C19H25N3O3. The van der Waals surface area contributed by atoms with E-state index in [1.165, 1.54) is 0 Å². The van der Waals surface area contributed by atoms with Gasteiger partial charge in [-0.05, 0) is 25.5 Å². The second-order valence-corrected chi connectivity index (χ2v) is 6.32. The molecule has 0 bridgehead atoms. The van der Waals surface area contributed by atoms with E-state index in [-0.39, 0.29) is 18.6 Å². The van der Waals surface area contributed by atoms with Gasteiger partial charge >= 0.3 is 0 Å². The number of benzene rings is 1. The van der Waals surface area contributed by atoms with Gasteiger partial charge in [0.25, 0.3) is 5.91 Å². The quantitative estimate of drug-likeness (QED) is 0.808. The van der Waals surface area contributed by atoms with Crippen LogP contribution in [0.1, 0.15) is 30.0 Å². The summed E-state index contributed by atoms with van der Waals surface area (Å²) in [5.74, 6) is 1.67. The van der Waals surface area contributed by atoms with Crippen LogP contribution in [0.15, 0.2) is 30.5 Å². The first-order valence-electron chi connectivity index (χ1n) is 8.63. The maximum Gasteiger partial charge on any atom is 0.261 e. The lowest BCUT2D eigenvalue weighted by Gasteiger charge is -2.34. The van der Waals surface area contributed by atoms with Crippen molar-refractivity contribution >= 4 is 5.91 Å². The minimum absolute atomic E-state index is 0.0107. The number of nitrogens with zero attached hydrogens (tertiary/aromatic N) is 3. The lowest BCUT2D eigenvalue weighted by Crippen LogP contribution is -2.43. The molecule has 6 nitrogen and oxygen atoms in total. The van der Waals surface area contributed by atoms with Crippen LogP contribution in [0.5, 0.6) is 5.75 Å². The summed E-state index contributed by atoms with van der Waals surface area (Å²) in [6, 6.07) is 7.67. The highest BCUT2D eigenvalue weighted by Crippen LogP contribution is 2.26. The summed E-state index contributed by atoms with van der Waals surface area (Å²) in [7, 11) is 1.70. The number of hydrogen-bond donors (Lipinski definition) is 0. The van der Waals surface area contributed by atoms with Gasteiger partial charge in [-0.3, -0.25) is 4.79 Å². The molecule has 2 aromatic rings. The van der Waals surface area contributed by atoms with Gasteiger partial charge in [0, 0.05) is 38.5 Å². The normalized spacial score (nSPS) is 16.6. The second-order valence-electron chi connectivity index (χ2n) is 6.32. The molecule has 1 aromatic carbocycles. The average Bonchev–Trinajstić information content (AvgIpc) is 3.03. The van der Waals surface area contributed by atoms with E-state index in [1.54, 1.807) is 7.11 Å². The van der Waals surface area contributed by atoms with Gasteiger partial charge in [0.2, 0.25) is 0 Å². The first-order chi connectivity index (χ1) is 12.1. The van der Waals surface area contributed by atoms with Crippen LogP contribution in [0.4, 0.5) is 0 Å². The fourth-order valence-corrected chi connectivity index (χ4v) is 3.25. The molecule has 0 saturated carbocycles. The van der Waals surface area contributed by atoms with E-state index in [2.05, 4.69) is 9.55 Å². The van der Waals surface area contributed by atoms with E-state index in [4.69, 9.17) is 9.47 Å². The van der Waals surface area contributed by atoms with Crippen molar-refractivity contribution < 1.29 is 14.3 Å². The minimum atomic E-state index is -0.0574. The molecule has 2 heterocycles. The summed E-state index contributed by atoms with van der Waals surface area (Å²) in [6.45, 7) is 6.14. The molecule has 1 aliphatic heterocycles. The predicted octanol–water partition coefficient (Wildman–Crippen LogP) is 2.36. The van der Waals surface area contributed by atoms with Gasteiger partial charge in [-0.15, -0.1) is 0 Å². The Bertz CT molecular complexity index is 741. The van der Waals surface area contributed by atoms with E-state index < -0.39 is 0 Å². The standard InChI is InChI=1S/C19H25N3O3/c1-14-6-4-5-7-17(14)25-13-18(23)21-9-10-22-16(8-11-24-3)12-20-19(22)15(21)2/h4-7,12,15H,8-11,13H2,1-3H3. The molecule has 1 unspecified atom stereocenters. The molecule has 1 aliphatic rings. The summed E-state index contributed by atoms with van der Waals surface area (Å²) in [5, 5.41) is 0. The van der Waals surface area contributed by atoms with Crippen molar-refractivity contribution in [2.24, 2.45) is 0 Å². The highest BCUT2D eigenvalue weighted by Gasteiger charge is 2.30. The summed E-state index contributed by atoms with van der Waals surface area (Å²) in [4.78, 5) is 19.0. The number of para-hydroxylation sites is 1. The number of amides is 1. The Labute approximate surface area is 148 Å². The summed E-state index contributed by atoms with van der Waals surface area (Å²) in [5.41, 5.74) is 2.19. The van der Waals surface area contributed by atoms with Crippen LogP contribution in [0.2, 0.25) is 0 Å². The fourth-order valence-electron chi connectivity index (χ4n) is 3.25. The third-order valence-corrected chi connectivity index (χ3v) is 4.70. The van der Waals surface area contributed by atoms with Crippen molar-refractivity contribution in [2.45, 2.75) is 32.9 Å². The van der Waals surface area contributed by atoms with Crippen molar-refractivity contribution in [3.05, 3.63) is 47.5 Å². The summed E-state index contributed by atoms with van der Waals surface area (Å²) < 4.78 is 13.1. The van der Waals surface area contributed by atoms with Gasteiger partial charge in [-0.25, -0.2) is 4.98 Å². The predicted molar refractivity (Wildman–Crippen MR) is 94.6 cm³/mol. The summed E-state index contributed by atoms with van der Waals surface area (Å²) >= 11 is 0. The number of methoxy groups -OCH3 is 1. The third kappa shape index (κ3) is 3.69. The highest BCUT2D eigenvalue weighted by molar-refractivity contribution is 5.78. The maximum atomic E-state index is 12.6. The van der Waals surface area contributed by atoms with E-state index in [1.807, 2.05) is 49.2 Å². The smallest absolute Gasteiger partial charge is 0.261 e. The molecule has 0 fully saturated rings. The number of hydrogen-bond acceptors (Lipinski definition) is 4. The van der Waals surface area contributed by atoms with Crippen LogP contribution in [0.3, 0.4) is 0 Å².